The highest BCUT2D eigenvalue weighted by Gasteiger charge is 2.32. The third-order valence-electron chi connectivity index (χ3n) is 8.43. The number of carboxylic acids is 1. The molecule has 7 nitrogen and oxygen atoms in total. The lowest BCUT2D eigenvalue weighted by atomic mass is 9.87. The average molecular weight is 697 g/mol. The van der Waals surface area contributed by atoms with E-state index in [1.54, 1.807) is 12.1 Å². The number of Topliss-reactive ketones (excluding diaryl/α,β-unsaturated/α-hetero) is 1. The Labute approximate surface area is 301 Å². The summed E-state index contributed by atoms with van der Waals surface area (Å²) in [4.78, 5) is 51.2. The minimum Gasteiger partial charge on any atom is -0.480 e. The first-order valence-corrected chi connectivity index (χ1v) is 17.5. The molecule has 50 heavy (non-hydrogen) atoms. The molecule has 264 valence electrons. The van der Waals surface area contributed by atoms with E-state index in [0.29, 0.717) is 29.0 Å². The molecule has 0 heterocycles. The molecule has 4 rings (SSSR count). The van der Waals surface area contributed by atoms with E-state index in [0.717, 1.165) is 28.8 Å². The molecule has 2 amide bonds. The van der Waals surface area contributed by atoms with Gasteiger partial charge in [-0.25, -0.2) is 4.79 Å². The van der Waals surface area contributed by atoms with Crippen LogP contribution in [0.5, 0.6) is 0 Å². The number of nitrogens with zero attached hydrogens (tertiary/aromatic N) is 1. The van der Waals surface area contributed by atoms with E-state index < -0.39 is 17.9 Å². The Kier molecular flexibility index (Phi) is 15.4. The van der Waals surface area contributed by atoms with Crippen LogP contribution >= 0.6 is 11.6 Å². The molecule has 0 aliphatic heterocycles. The molecule has 0 aliphatic carbocycles. The summed E-state index contributed by atoms with van der Waals surface area (Å²) in [6.07, 6.45) is 2.17. The van der Waals surface area contributed by atoms with Crippen molar-refractivity contribution in [3.05, 3.63) is 136 Å². The second kappa shape index (κ2) is 19.4. The van der Waals surface area contributed by atoms with Crippen molar-refractivity contribution < 1.29 is 24.3 Å². The number of aryl methyl sites for hydroxylation is 1. The predicted molar refractivity (Wildman–Crippen MR) is 202 cm³/mol. The minimum absolute atomic E-state index is 0.0289. The number of halogens is 1. The first-order chi connectivity index (χ1) is 23.8. The predicted octanol–water partition coefficient (Wildman–Crippen LogP) is 8.92. The highest BCUT2D eigenvalue weighted by molar-refractivity contribution is 6.34. The Balaban J connectivity index is 0.00000160. The SMILES string of the molecule is CC(C)=O.CCCc1cccc(Cl)c1C(=O)NC(Cc1ccc(N(C(=O)C(Cc2ccccc2)C(C)C)C(C)c2ccccc2)cc1)C(=O)O. The number of carbonyl (C=O) groups excluding carboxylic acids is 3. The normalized spacial score (nSPS) is 12.6. The molecule has 2 N–H and O–H groups in total. The number of rotatable bonds is 14. The fourth-order valence-corrected chi connectivity index (χ4v) is 6.12. The van der Waals surface area contributed by atoms with E-state index in [9.17, 15) is 24.3 Å². The third-order valence-corrected chi connectivity index (χ3v) is 8.75. The van der Waals surface area contributed by atoms with Crippen molar-refractivity contribution in [3.8, 4) is 0 Å². The van der Waals surface area contributed by atoms with Crippen LogP contribution in [0.25, 0.3) is 0 Å². The van der Waals surface area contributed by atoms with Crippen LogP contribution in [-0.4, -0.2) is 34.7 Å². The molecule has 0 saturated carbocycles. The van der Waals surface area contributed by atoms with Crippen LogP contribution in [-0.2, 0) is 33.6 Å². The quantitative estimate of drug-likeness (QED) is 0.137. The fourth-order valence-electron chi connectivity index (χ4n) is 5.84. The van der Waals surface area contributed by atoms with Gasteiger partial charge in [-0.3, -0.25) is 9.59 Å². The molecular weight excluding hydrogens is 648 g/mol. The zero-order chi connectivity index (χ0) is 36.8. The smallest absolute Gasteiger partial charge is 0.326 e. The zero-order valence-electron chi connectivity index (χ0n) is 29.9. The summed E-state index contributed by atoms with van der Waals surface area (Å²) < 4.78 is 0. The van der Waals surface area contributed by atoms with Gasteiger partial charge in [0, 0.05) is 18.0 Å². The van der Waals surface area contributed by atoms with Gasteiger partial charge in [0.2, 0.25) is 5.91 Å². The molecule has 3 atom stereocenters. The number of carbonyl (C=O) groups is 4. The van der Waals surface area contributed by atoms with Gasteiger partial charge >= 0.3 is 5.97 Å². The van der Waals surface area contributed by atoms with Crippen molar-refractivity contribution in [1.29, 1.82) is 0 Å². The number of carboxylic acid groups (broad SMARTS) is 1. The number of ketones is 1. The van der Waals surface area contributed by atoms with Gasteiger partial charge in [0.25, 0.3) is 5.91 Å². The third kappa shape index (κ3) is 11.4. The molecule has 0 bridgehead atoms. The van der Waals surface area contributed by atoms with Crippen molar-refractivity contribution >= 4 is 40.9 Å². The van der Waals surface area contributed by atoms with Gasteiger partial charge in [0.05, 0.1) is 16.6 Å². The van der Waals surface area contributed by atoms with Crippen LogP contribution in [0.3, 0.4) is 0 Å². The Bertz CT molecular complexity index is 1700. The van der Waals surface area contributed by atoms with Crippen molar-refractivity contribution in [2.24, 2.45) is 11.8 Å². The molecule has 0 aromatic heterocycles. The van der Waals surface area contributed by atoms with Gasteiger partial charge in [-0.15, -0.1) is 0 Å². The van der Waals surface area contributed by atoms with Crippen LogP contribution in [0.2, 0.25) is 5.02 Å². The molecular formula is C42H49ClN2O5. The first kappa shape index (κ1) is 39.7. The lowest BCUT2D eigenvalue weighted by Crippen LogP contribution is -2.42. The van der Waals surface area contributed by atoms with Crippen molar-refractivity contribution in [2.45, 2.75) is 79.3 Å². The minimum atomic E-state index is -1.17. The molecule has 0 saturated heterocycles. The van der Waals surface area contributed by atoms with Gasteiger partial charge in [-0.2, -0.15) is 0 Å². The second-order valence-corrected chi connectivity index (χ2v) is 13.4. The Morgan fingerprint density at radius 2 is 1.32 bits per heavy atom. The zero-order valence-corrected chi connectivity index (χ0v) is 30.6. The average Bonchev–Trinajstić information content (AvgIpc) is 3.08. The maximum absolute atomic E-state index is 14.4. The molecule has 4 aromatic rings. The highest BCUT2D eigenvalue weighted by Crippen LogP contribution is 2.32. The van der Waals surface area contributed by atoms with Crippen molar-refractivity contribution in [3.63, 3.8) is 0 Å². The van der Waals surface area contributed by atoms with Crippen LogP contribution in [0.1, 0.15) is 86.6 Å². The van der Waals surface area contributed by atoms with Crippen LogP contribution in [0.4, 0.5) is 5.69 Å². The summed E-state index contributed by atoms with van der Waals surface area (Å²) in [5.74, 6) is -1.60. The molecule has 3 unspecified atom stereocenters. The highest BCUT2D eigenvalue weighted by atomic mass is 35.5. The standard InChI is InChI=1S/C39H43ClN2O4.C3H6O/c1-5-13-31-18-12-19-34(40)36(31)37(43)41-35(39(45)46)25-29-20-22-32(23-21-29)42(27(4)30-16-10-7-11-17-30)38(44)33(26(2)3)24-28-14-8-6-9-15-28;1-3(2)4/h6-12,14-23,26-27,33,35H,5,13,24-25H2,1-4H3,(H,41,43)(H,45,46);1-2H3. The number of hydrogen-bond donors (Lipinski definition) is 2. The molecule has 4 aromatic carbocycles. The second-order valence-electron chi connectivity index (χ2n) is 13.0. The van der Waals surface area contributed by atoms with E-state index >= 15 is 0 Å². The van der Waals surface area contributed by atoms with E-state index in [-0.39, 0.29) is 36.0 Å². The van der Waals surface area contributed by atoms with Crippen LogP contribution in [0, 0.1) is 11.8 Å². The Morgan fingerprint density at radius 3 is 1.86 bits per heavy atom. The largest absolute Gasteiger partial charge is 0.480 e. The van der Waals surface area contributed by atoms with Crippen LogP contribution < -0.4 is 10.2 Å². The van der Waals surface area contributed by atoms with Gasteiger partial charge in [-0.05, 0) is 80.0 Å². The molecule has 0 aliphatic rings. The Hall–Kier alpha value is -4.75. The van der Waals surface area contributed by atoms with Crippen LogP contribution in [0.15, 0.2) is 103 Å². The summed E-state index contributed by atoms with van der Waals surface area (Å²) >= 11 is 6.37. The first-order valence-electron chi connectivity index (χ1n) is 17.1. The van der Waals surface area contributed by atoms with E-state index in [2.05, 4.69) is 31.3 Å². The monoisotopic (exact) mass is 696 g/mol. The lowest BCUT2D eigenvalue weighted by Gasteiger charge is -2.34. The Morgan fingerprint density at radius 1 is 0.760 bits per heavy atom. The number of benzene rings is 4. The molecule has 0 spiro atoms. The maximum Gasteiger partial charge on any atom is 0.326 e. The van der Waals surface area contributed by atoms with Gasteiger partial charge < -0.3 is 20.1 Å². The van der Waals surface area contributed by atoms with E-state index in [1.807, 2.05) is 97.6 Å². The topological polar surface area (TPSA) is 104 Å². The number of aliphatic carboxylic acids is 1. The molecule has 0 fully saturated rings. The van der Waals surface area contributed by atoms with Gasteiger partial charge in [-0.1, -0.05) is 124 Å². The summed E-state index contributed by atoms with van der Waals surface area (Å²) in [6.45, 7) is 11.2. The number of hydrogen-bond acceptors (Lipinski definition) is 4. The van der Waals surface area contributed by atoms with Crippen molar-refractivity contribution in [1.82, 2.24) is 5.32 Å². The fraction of sp³-hybridized carbons (Fsp3) is 0.333. The summed E-state index contributed by atoms with van der Waals surface area (Å²) in [6, 6.07) is 31.2. The van der Waals surface area contributed by atoms with Gasteiger partial charge in [0.1, 0.15) is 11.8 Å². The van der Waals surface area contributed by atoms with E-state index in [1.165, 1.54) is 13.8 Å². The summed E-state index contributed by atoms with van der Waals surface area (Å²) in [5.41, 5.74) is 4.65. The summed E-state index contributed by atoms with van der Waals surface area (Å²) in [7, 11) is 0. The van der Waals surface area contributed by atoms with Gasteiger partial charge in [0.15, 0.2) is 0 Å². The molecule has 8 heteroatoms. The number of anilines is 1. The number of nitrogens with one attached hydrogen (secondary N) is 1. The van der Waals surface area contributed by atoms with E-state index in [4.69, 9.17) is 11.6 Å². The number of amides is 2. The maximum atomic E-state index is 14.4. The lowest BCUT2D eigenvalue weighted by molar-refractivity contribution is -0.139. The summed E-state index contributed by atoms with van der Waals surface area (Å²) in [5, 5.41) is 13.0. The molecule has 0 radical (unpaired) electrons. The van der Waals surface area contributed by atoms with Crippen molar-refractivity contribution in [2.75, 3.05) is 4.90 Å².